The molecule has 4 heteroatoms. The predicted octanol–water partition coefficient (Wildman–Crippen LogP) is 3.13. The Kier molecular flexibility index (Phi) is 6.82. The first kappa shape index (κ1) is 15.4. The number of hydrogen-bond acceptors (Lipinski definition) is 3. The van der Waals surface area contributed by atoms with Gasteiger partial charge in [0.15, 0.2) is 0 Å². The van der Waals surface area contributed by atoms with Gasteiger partial charge in [-0.1, -0.05) is 29.8 Å². The first-order valence-electron chi connectivity index (χ1n) is 6.02. The molecular weight excluding hydrogens is 260 g/mol. The van der Waals surface area contributed by atoms with Crippen molar-refractivity contribution in [2.75, 3.05) is 7.11 Å². The van der Waals surface area contributed by atoms with Crippen molar-refractivity contribution in [3.63, 3.8) is 0 Å². The van der Waals surface area contributed by atoms with E-state index in [2.05, 4.69) is 4.74 Å². The van der Waals surface area contributed by atoms with Crippen LogP contribution in [0.1, 0.15) is 18.4 Å². The third-order valence-electron chi connectivity index (χ3n) is 2.43. The van der Waals surface area contributed by atoms with Crippen LogP contribution in [-0.2, 0) is 20.3 Å². The van der Waals surface area contributed by atoms with Crippen molar-refractivity contribution in [1.29, 1.82) is 0 Å². The molecule has 0 fully saturated rings. The van der Waals surface area contributed by atoms with Gasteiger partial charge in [0.1, 0.15) is 0 Å². The zero-order valence-corrected chi connectivity index (χ0v) is 12.0. The van der Waals surface area contributed by atoms with Crippen molar-refractivity contribution < 1.29 is 13.7 Å². The van der Waals surface area contributed by atoms with Crippen LogP contribution in [-0.4, -0.2) is 17.3 Å². The Labute approximate surface area is 116 Å². The summed E-state index contributed by atoms with van der Waals surface area (Å²) in [5.74, 6) is -0.354. The highest BCUT2D eigenvalue weighted by atomic mass is 32.2. The van der Waals surface area contributed by atoms with Crippen LogP contribution < -0.4 is 0 Å². The number of unbranched alkanes of at least 4 members (excludes halogenated alkanes) is 1. The lowest BCUT2D eigenvalue weighted by Crippen LogP contribution is -1.93. The fourth-order valence-corrected chi connectivity index (χ4v) is 2.22. The van der Waals surface area contributed by atoms with Crippen LogP contribution in [0, 0.1) is 6.92 Å². The van der Waals surface area contributed by atoms with Crippen LogP contribution in [0.5, 0.6) is 0 Å². The highest BCUT2D eigenvalue weighted by Gasteiger charge is 1.97. The molecule has 0 radical (unpaired) electrons. The van der Waals surface area contributed by atoms with Gasteiger partial charge in [-0.15, -0.1) is 0 Å². The lowest BCUT2D eigenvalue weighted by Gasteiger charge is -1.97. The number of methoxy groups -OCH3 is 1. The molecule has 0 saturated carbocycles. The summed E-state index contributed by atoms with van der Waals surface area (Å²) >= 11 is 0. The molecule has 0 aromatic heterocycles. The molecule has 0 aliphatic heterocycles. The topological polar surface area (TPSA) is 43.4 Å². The van der Waals surface area contributed by atoms with Crippen molar-refractivity contribution >= 4 is 16.8 Å². The van der Waals surface area contributed by atoms with Crippen molar-refractivity contribution in [2.45, 2.75) is 24.7 Å². The smallest absolute Gasteiger partial charge is 0.330 e. The van der Waals surface area contributed by atoms with E-state index in [1.807, 2.05) is 37.3 Å². The average molecular weight is 278 g/mol. The number of allylic oxidation sites excluding steroid dienone is 2. The fraction of sp³-hybridized carbons (Fsp3) is 0.267. The molecular formula is C15H18O3S. The summed E-state index contributed by atoms with van der Waals surface area (Å²) < 4.78 is 16.3. The molecule has 1 rings (SSSR count). The second-order valence-electron chi connectivity index (χ2n) is 3.99. The van der Waals surface area contributed by atoms with E-state index in [1.165, 1.54) is 13.2 Å². The Morgan fingerprint density at radius 2 is 1.84 bits per heavy atom. The molecule has 0 spiro atoms. The number of carbonyl (C=O) groups is 1. The number of ether oxygens (including phenoxy) is 1. The molecule has 3 nitrogen and oxygen atoms in total. The van der Waals surface area contributed by atoms with Crippen LogP contribution in [0.15, 0.2) is 52.8 Å². The van der Waals surface area contributed by atoms with E-state index < -0.39 is 10.8 Å². The van der Waals surface area contributed by atoms with Gasteiger partial charge in [0.2, 0.25) is 0 Å². The quantitative estimate of drug-likeness (QED) is 0.456. The standard InChI is InChI=1S/C15H18O3S/c1-13-8-10-14(11-9-13)19(17)12-6-4-3-5-7-15(16)18-2/h5-12H,3-4H2,1-2H3/b7-5-,12-6+. The molecule has 0 heterocycles. The second kappa shape index (κ2) is 8.43. The predicted molar refractivity (Wildman–Crippen MR) is 77.1 cm³/mol. The minimum absolute atomic E-state index is 0.354. The minimum atomic E-state index is -1.10. The maximum Gasteiger partial charge on any atom is 0.330 e. The highest BCUT2D eigenvalue weighted by Crippen LogP contribution is 2.09. The molecule has 0 bridgehead atoms. The summed E-state index contributed by atoms with van der Waals surface area (Å²) in [5.41, 5.74) is 1.15. The van der Waals surface area contributed by atoms with Gasteiger partial charge in [-0.2, -0.15) is 0 Å². The van der Waals surface area contributed by atoms with Crippen molar-refractivity contribution in [3.8, 4) is 0 Å². The number of rotatable bonds is 6. The SMILES string of the molecule is COC(=O)/C=C\CC/C=C/S(=O)c1ccc(C)cc1. The summed E-state index contributed by atoms with van der Waals surface area (Å²) in [4.78, 5) is 11.6. The van der Waals surface area contributed by atoms with Gasteiger partial charge >= 0.3 is 5.97 Å². The molecule has 1 unspecified atom stereocenters. The van der Waals surface area contributed by atoms with E-state index in [-0.39, 0.29) is 5.97 Å². The molecule has 0 amide bonds. The zero-order valence-electron chi connectivity index (χ0n) is 11.2. The van der Waals surface area contributed by atoms with Gasteiger partial charge in [-0.05, 0) is 31.9 Å². The van der Waals surface area contributed by atoms with Crippen molar-refractivity contribution in [3.05, 3.63) is 53.5 Å². The summed E-state index contributed by atoms with van der Waals surface area (Å²) in [5, 5.41) is 1.68. The van der Waals surface area contributed by atoms with Crippen LogP contribution in [0.25, 0.3) is 0 Å². The minimum Gasteiger partial charge on any atom is -0.466 e. The molecule has 0 aliphatic carbocycles. The summed E-state index contributed by atoms with van der Waals surface area (Å²) in [7, 11) is 0.241. The normalized spacial score (nSPS) is 12.9. The van der Waals surface area contributed by atoms with Gasteiger partial charge in [-0.25, -0.2) is 9.00 Å². The largest absolute Gasteiger partial charge is 0.466 e. The van der Waals surface area contributed by atoms with Crippen LogP contribution in [0.4, 0.5) is 0 Å². The van der Waals surface area contributed by atoms with Crippen molar-refractivity contribution in [2.24, 2.45) is 0 Å². The third kappa shape index (κ3) is 6.15. The van der Waals surface area contributed by atoms with E-state index in [1.54, 1.807) is 11.5 Å². The van der Waals surface area contributed by atoms with Crippen LogP contribution >= 0.6 is 0 Å². The summed E-state index contributed by atoms with van der Waals surface area (Å²) in [6, 6.07) is 7.63. The second-order valence-corrected chi connectivity index (χ2v) is 5.32. The molecule has 1 atom stereocenters. The van der Waals surface area contributed by atoms with Crippen molar-refractivity contribution in [1.82, 2.24) is 0 Å². The monoisotopic (exact) mass is 278 g/mol. The number of carbonyl (C=O) groups excluding carboxylic acids is 1. The molecule has 19 heavy (non-hydrogen) atoms. The Morgan fingerprint density at radius 1 is 1.21 bits per heavy atom. The molecule has 102 valence electrons. The van der Waals surface area contributed by atoms with Crippen LogP contribution in [0.3, 0.4) is 0 Å². The van der Waals surface area contributed by atoms with Gasteiger partial charge in [0.05, 0.1) is 17.9 Å². The van der Waals surface area contributed by atoms with Gasteiger partial charge < -0.3 is 4.74 Å². The van der Waals surface area contributed by atoms with E-state index in [9.17, 15) is 9.00 Å². The van der Waals surface area contributed by atoms with Crippen LogP contribution in [0.2, 0.25) is 0 Å². The Hall–Kier alpha value is -1.68. The van der Waals surface area contributed by atoms with E-state index in [0.29, 0.717) is 0 Å². The molecule has 1 aromatic rings. The molecule has 0 N–H and O–H groups in total. The van der Waals surface area contributed by atoms with E-state index in [4.69, 9.17) is 0 Å². The number of hydrogen-bond donors (Lipinski definition) is 0. The zero-order chi connectivity index (χ0) is 14.1. The summed E-state index contributed by atoms with van der Waals surface area (Å²) in [6.45, 7) is 2.00. The average Bonchev–Trinajstić information content (AvgIpc) is 2.42. The van der Waals surface area contributed by atoms with Gasteiger partial charge in [0, 0.05) is 16.4 Å². The number of esters is 1. The van der Waals surface area contributed by atoms with E-state index >= 15 is 0 Å². The maximum atomic E-state index is 11.9. The van der Waals surface area contributed by atoms with Gasteiger partial charge in [-0.3, -0.25) is 0 Å². The Bertz CT molecular complexity index is 487. The Morgan fingerprint density at radius 3 is 2.47 bits per heavy atom. The van der Waals surface area contributed by atoms with E-state index in [0.717, 1.165) is 23.3 Å². The number of aryl methyl sites for hydroxylation is 1. The fourth-order valence-electron chi connectivity index (χ4n) is 1.35. The third-order valence-corrected chi connectivity index (χ3v) is 3.60. The highest BCUT2D eigenvalue weighted by molar-refractivity contribution is 7.88. The Balaban J connectivity index is 2.37. The summed E-state index contributed by atoms with van der Waals surface area (Å²) in [6.07, 6.45) is 6.45. The molecule has 0 saturated heterocycles. The number of benzene rings is 1. The van der Waals surface area contributed by atoms with Gasteiger partial charge in [0.25, 0.3) is 0 Å². The lowest BCUT2D eigenvalue weighted by atomic mass is 10.2. The molecule has 1 aromatic carbocycles. The first-order chi connectivity index (χ1) is 9.13. The molecule has 0 aliphatic rings. The lowest BCUT2D eigenvalue weighted by molar-refractivity contribution is -0.134. The first-order valence-corrected chi connectivity index (χ1v) is 7.23. The maximum absolute atomic E-state index is 11.9.